The number of nitrogens with zero attached hydrogens (tertiary/aromatic N) is 1. The Morgan fingerprint density at radius 2 is 1.93 bits per heavy atom. The molecule has 3 amide bonds. The highest BCUT2D eigenvalue weighted by Crippen LogP contribution is 2.35. The van der Waals surface area contributed by atoms with Crippen LogP contribution in [0.5, 0.6) is 5.75 Å². The first-order chi connectivity index (χ1) is 13.8. The normalized spacial score (nSPS) is 15.0. The van der Waals surface area contributed by atoms with Gasteiger partial charge in [-0.1, -0.05) is 23.2 Å². The van der Waals surface area contributed by atoms with E-state index in [-0.39, 0.29) is 33.8 Å². The van der Waals surface area contributed by atoms with Crippen LogP contribution in [0.4, 0.5) is 4.79 Å². The number of carbonyl (C=O) groups excluding carboxylic acids is 3. The van der Waals surface area contributed by atoms with Crippen molar-refractivity contribution in [3.8, 4) is 5.75 Å². The van der Waals surface area contributed by atoms with Crippen molar-refractivity contribution in [1.82, 2.24) is 10.2 Å². The van der Waals surface area contributed by atoms with Gasteiger partial charge in [-0.05, 0) is 42.8 Å². The van der Waals surface area contributed by atoms with Gasteiger partial charge >= 0.3 is 12.0 Å². The molecule has 1 aliphatic rings. The van der Waals surface area contributed by atoms with E-state index in [9.17, 15) is 14.4 Å². The van der Waals surface area contributed by atoms with Gasteiger partial charge in [0.25, 0.3) is 5.91 Å². The molecule has 0 radical (unpaired) electrons. The lowest BCUT2D eigenvalue weighted by Crippen LogP contribution is -2.30. The van der Waals surface area contributed by atoms with Gasteiger partial charge in [0.05, 0.1) is 30.3 Å². The Balaban J connectivity index is 1.80. The minimum Gasteiger partial charge on any atom is -0.491 e. The van der Waals surface area contributed by atoms with Crippen molar-refractivity contribution >= 4 is 47.2 Å². The summed E-state index contributed by atoms with van der Waals surface area (Å²) in [6, 6.07) is 5.41. The van der Waals surface area contributed by atoms with Crippen LogP contribution in [0.25, 0.3) is 6.08 Å². The highest BCUT2D eigenvalue weighted by molar-refractivity contribution is 6.37. The molecule has 1 aromatic heterocycles. The SMILES string of the molecule is CCOc1c(Cl)cc(C=C2NC(=O)N(Cc3ccc(C(=O)OC)o3)C2=O)cc1Cl. The third-order valence-electron chi connectivity index (χ3n) is 3.94. The van der Waals surface area contributed by atoms with Crippen LogP contribution >= 0.6 is 23.2 Å². The lowest BCUT2D eigenvalue weighted by molar-refractivity contribution is -0.123. The summed E-state index contributed by atoms with van der Waals surface area (Å²) in [6.07, 6.45) is 1.45. The van der Waals surface area contributed by atoms with Crippen LogP contribution < -0.4 is 10.1 Å². The molecule has 29 heavy (non-hydrogen) atoms. The number of nitrogens with one attached hydrogen (secondary N) is 1. The van der Waals surface area contributed by atoms with E-state index >= 15 is 0 Å². The number of hydrogen-bond donors (Lipinski definition) is 1. The maximum Gasteiger partial charge on any atom is 0.373 e. The summed E-state index contributed by atoms with van der Waals surface area (Å²) >= 11 is 12.3. The smallest absolute Gasteiger partial charge is 0.373 e. The molecule has 0 aliphatic carbocycles. The van der Waals surface area contributed by atoms with Gasteiger partial charge < -0.3 is 19.2 Å². The second-order valence-corrected chi connectivity index (χ2v) is 6.70. The van der Waals surface area contributed by atoms with Crippen LogP contribution in [0, 0.1) is 0 Å². The minimum atomic E-state index is -0.654. The molecular formula is C19H16Cl2N2O6. The molecule has 0 unspecified atom stereocenters. The minimum absolute atomic E-state index is 0.0241. The molecular weight excluding hydrogens is 423 g/mol. The van der Waals surface area contributed by atoms with Crippen molar-refractivity contribution < 1.29 is 28.3 Å². The topological polar surface area (TPSA) is 98.1 Å². The fraction of sp³-hybridized carbons (Fsp3) is 0.211. The summed E-state index contributed by atoms with van der Waals surface area (Å²) < 4.78 is 15.2. The number of methoxy groups -OCH3 is 1. The number of urea groups is 1. The number of benzene rings is 1. The number of rotatable bonds is 6. The Bertz CT molecular complexity index is 991. The molecule has 2 heterocycles. The molecule has 0 atom stereocenters. The molecule has 1 aliphatic heterocycles. The molecule has 0 spiro atoms. The summed E-state index contributed by atoms with van der Waals surface area (Å²) in [5.74, 6) is -0.641. The number of carbonyl (C=O) groups is 3. The Morgan fingerprint density at radius 1 is 1.24 bits per heavy atom. The van der Waals surface area contributed by atoms with E-state index in [1.54, 1.807) is 19.1 Å². The summed E-state index contributed by atoms with van der Waals surface area (Å²) in [6.45, 7) is 2.05. The number of ether oxygens (including phenoxy) is 2. The van der Waals surface area contributed by atoms with Gasteiger partial charge in [0.15, 0.2) is 5.75 Å². The van der Waals surface area contributed by atoms with E-state index in [4.69, 9.17) is 32.4 Å². The Labute approximate surface area is 175 Å². The average Bonchev–Trinajstić information content (AvgIpc) is 3.25. The second-order valence-electron chi connectivity index (χ2n) is 5.88. The van der Waals surface area contributed by atoms with Crippen molar-refractivity contribution in [2.75, 3.05) is 13.7 Å². The maximum absolute atomic E-state index is 12.6. The third kappa shape index (κ3) is 4.38. The molecule has 2 aromatic rings. The van der Waals surface area contributed by atoms with Crippen LogP contribution in [0.2, 0.25) is 10.0 Å². The molecule has 3 rings (SSSR count). The van der Waals surface area contributed by atoms with Gasteiger partial charge in [-0.15, -0.1) is 0 Å². The maximum atomic E-state index is 12.6. The fourth-order valence-electron chi connectivity index (χ4n) is 2.66. The van der Waals surface area contributed by atoms with Gasteiger partial charge in [0.1, 0.15) is 11.5 Å². The number of hydrogen-bond acceptors (Lipinski definition) is 6. The number of furan rings is 1. The van der Waals surface area contributed by atoms with E-state index in [0.29, 0.717) is 17.9 Å². The molecule has 0 bridgehead atoms. The van der Waals surface area contributed by atoms with E-state index in [0.717, 1.165) is 4.90 Å². The number of halogens is 2. The van der Waals surface area contributed by atoms with Crippen LogP contribution in [-0.2, 0) is 16.1 Å². The standard InChI is InChI=1S/C19H16Cl2N2O6/c1-3-28-16-12(20)6-10(7-13(16)21)8-14-17(24)23(19(26)22-14)9-11-4-5-15(29-11)18(25)27-2/h4-8H,3,9H2,1-2H3,(H,22,26). The highest BCUT2D eigenvalue weighted by Gasteiger charge is 2.34. The first-order valence-corrected chi connectivity index (χ1v) is 9.23. The van der Waals surface area contributed by atoms with Gasteiger partial charge in [0, 0.05) is 0 Å². The van der Waals surface area contributed by atoms with Crippen LogP contribution in [-0.4, -0.2) is 36.5 Å². The summed E-state index contributed by atoms with van der Waals surface area (Å²) in [4.78, 5) is 37.2. The fourth-order valence-corrected chi connectivity index (χ4v) is 3.27. The van der Waals surface area contributed by atoms with Gasteiger partial charge in [0.2, 0.25) is 5.76 Å². The largest absolute Gasteiger partial charge is 0.491 e. The van der Waals surface area contributed by atoms with Gasteiger partial charge in [-0.25, -0.2) is 9.59 Å². The van der Waals surface area contributed by atoms with Crippen molar-refractivity contribution in [1.29, 1.82) is 0 Å². The summed E-state index contributed by atoms with van der Waals surface area (Å²) in [5.41, 5.74) is 0.561. The summed E-state index contributed by atoms with van der Waals surface area (Å²) in [5, 5.41) is 3.06. The monoisotopic (exact) mass is 438 g/mol. The number of esters is 1. The molecule has 8 nitrogen and oxygen atoms in total. The van der Waals surface area contributed by atoms with Crippen LogP contribution in [0.15, 0.2) is 34.4 Å². The lowest BCUT2D eigenvalue weighted by atomic mass is 10.1. The van der Waals surface area contributed by atoms with Crippen molar-refractivity contribution in [3.63, 3.8) is 0 Å². The predicted molar refractivity (Wildman–Crippen MR) is 105 cm³/mol. The van der Waals surface area contributed by atoms with Gasteiger partial charge in [-0.2, -0.15) is 0 Å². The first kappa shape index (κ1) is 20.8. The Morgan fingerprint density at radius 3 is 2.55 bits per heavy atom. The zero-order chi connectivity index (χ0) is 21.1. The number of amides is 3. The van der Waals surface area contributed by atoms with E-state index in [2.05, 4.69) is 10.1 Å². The van der Waals surface area contributed by atoms with Crippen LogP contribution in [0.3, 0.4) is 0 Å². The predicted octanol–water partition coefficient (Wildman–Crippen LogP) is 3.86. The summed E-state index contributed by atoms with van der Waals surface area (Å²) in [7, 11) is 1.22. The zero-order valence-corrected chi connectivity index (χ0v) is 17.0. The Kier molecular flexibility index (Phi) is 6.14. The van der Waals surface area contributed by atoms with E-state index < -0.39 is 17.9 Å². The molecule has 10 heteroatoms. The molecule has 152 valence electrons. The van der Waals surface area contributed by atoms with E-state index in [1.165, 1.54) is 25.3 Å². The zero-order valence-electron chi connectivity index (χ0n) is 15.5. The first-order valence-electron chi connectivity index (χ1n) is 8.47. The third-order valence-corrected chi connectivity index (χ3v) is 4.51. The molecule has 1 N–H and O–H groups in total. The quantitative estimate of drug-likeness (QED) is 0.417. The second kappa shape index (κ2) is 8.59. The molecule has 1 fully saturated rings. The van der Waals surface area contributed by atoms with Crippen LogP contribution in [0.1, 0.15) is 28.8 Å². The van der Waals surface area contributed by atoms with Crippen molar-refractivity contribution in [2.24, 2.45) is 0 Å². The highest BCUT2D eigenvalue weighted by atomic mass is 35.5. The van der Waals surface area contributed by atoms with Gasteiger partial charge in [-0.3, -0.25) is 9.69 Å². The Hall–Kier alpha value is -2.97. The number of imide groups is 1. The molecule has 1 saturated heterocycles. The van der Waals surface area contributed by atoms with Crippen molar-refractivity contribution in [3.05, 3.63) is 57.1 Å². The molecule has 0 saturated carbocycles. The van der Waals surface area contributed by atoms with E-state index in [1.807, 2.05) is 0 Å². The van der Waals surface area contributed by atoms with Crippen molar-refractivity contribution in [2.45, 2.75) is 13.5 Å². The molecule has 1 aromatic carbocycles. The average molecular weight is 439 g/mol. The lowest BCUT2D eigenvalue weighted by Gasteiger charge is -2.09.